The van der Waals surface area contributed by atoms with E-state index in [2.05, 4.69) is 15.1 Å². The zero-order valence-corrected chi connectivity index (χ0v) is 13.4. The summed E-state index contributed by atoms with van der Waals surface area (Å²) in [4.78, 5) is 22.3. The first kappa shape index (κ1) is 15.5. The molecule has 0 N–H and O–H groups in total. The molecule has 1 aliphatic heterocycles. The molecule has 3 rings (SSSR count). The van der Waals surface area contributed by atoms with Gasteiger partial charge >= 0.3 is 0 Å². The summed E-state index contributed by atoms with van der Waals surface area (Å²) in [5, 5.41) is 3.92. The predicted octanol–water partition coefficient (Wildman–Crippen LogP) is 1.69. The van der Waals surface area contributed by atoms with Crippen molar-refractivity contribution in [2.45, 2.75) is 39.2 Å². The van der Waals surface area contributed by atoms with Crippen molar-refractivity contribution in [1.82, 2.24) is 20.0 Å². The highest BCUT2D eigenvalue weighted by molar-refractivity contribution is 5.76. The lowest BCUT2D eigenvalue weighted by molar-refractivity contribution is -0.130. The third-order valence-electron chi connectivity index (χ3n) is 4.09. The molecule has 1 atom stereocenters. The summed E-state index contributed by atoms with van der Waals surface area (Å²) in [5.41, 5.74) is 1.89. The number of carbonyl (C=O) groups is 1. The Bertz CT molecular complexity index is 652. The van der Waals surface area contributed by atoms with Crippen molar-refractivity contribution in [2.24, 2.45) is 0 Å². The van der Waals surface area contributed by atoms with Gasteiger partial charge in [-0.15, -0.1) is 0 Å². The van der Waals surface area contributed by atoms with Crippen molar-refractivity contribution in [1.29, 1.82) is 0 Å². The van der Waals surface area contributed by atoms with E-state index in [0.717, 1.165) is 23.4 Å². The zero-order valence-electron chi connectivity index (χ0n) is 13.4. The molecule has 7 heteroatoms. The molecule has 0 aliphatic carbocycles. The van der Waals surface area contributed by atoms with Gasteiger partial charge in [0.2, 0.25) is 11.8 Å². The van der Waals surface area contributed by atoms with E-state index in [1.807, 2.05) is 18.7 Å². The van der Waals surface area contributed by atoms with Crippen LogP contribution < -0.4 is 4.74 Å². The van der Waals surface area contributed by atoms with Crippen molar-refractivity contribution >= 4 is 5.91 Å². The van der Waals surface area contributed by atoms with Gasteiger partial charge in [0, 0.05) is 37.3 Å². The Morgan fingerprint density at radius 1 is 1.43 bits per heavy atom. The molecular formula is C16H20N4O3. The average Bonchev–Trinajstić information content (AvgIpc) is 3.14. The van der Waals surface area contributed by atoms with Gasteiger partial charge in [0.1, 0.15) is 11.9 Å². The Morgan fingerprint density at radius 3 is 3.00 bits per heavy atom. The van der Waals surface area contributed by atoms with Gasteiger partial charge in [-0.3, -0.25) is 9.78 Å². The number of hydrogen-bond acceptors (Lipinski definition) is 6. The van der Waals surface area contributed by atoms with Gasteiger partial charge in [-0.1, -0.05) is 5.16 Å². The number of likely N-dealkylation sites (tertiary alicyclic amines) is 1. The molecule has 0 bridgehead atoms. The lowest BCUT2D eigenvalue weighted by Crippen LogP contribution is -2.31. The highest BCUT2D eigenvalue weighted by Gasteiger charge is 2.28. The van der Waals surface area contributed by atoms with Gasteiger partial charge in [0.15, 0.2) is 0 Å². The minimum atomic E-state index is -0.0188. The van der Waals surface area contributed by atoms with E-state index in [-0.39, 0.29) is 12.0 Å². The second-order valence-electron chi connectivity index (χ2n) is 5.71. The largest absolute Gasteiger partial charge is 0.471 e. The highest BCUT2D eigenvalue weighted by atomic mass is 16.5. The van der Waals surface area contributed by atoms with E-state index >= 15 is 0 Å². The number of hydrogen-bond donors (Lipinski definition) is 0. The molecule has 1 aliphatic rings. The normalized spacial score (nSPS) is 17.5. The maximum Gasteiger partial charge on any atom is 0.232 e. The SMILES string of the molecule is Cc1noc(C)c1CCC(=O)N1CCC(Oc2cnccn2)C1. The van der Waals surface area contributed by atoms with Gasteiger partial charge in [-0.25, -0.2) is 4.98 Å². The van der Waals surface area contributed by atoms with Gasteiger partial charge in [-0.05, 0) is 20.3 Å². The van der Waals surface area contributed by atoms with Crippen LogP contribution in [0.5, 0.6) is 5.88 Å². The molecule has 2 aromatic heterocycles. The lowest BCUT2D eigenvalue weighted by Gasteiger charge is -2.16. The standard InChI is InChI=1S/C16H20N4O3/c1-11-14(12(2)23-19-11)3-4-16(21)20-8-5-13(10-20)22-15-9-17-6-7-18-15/h6-7,9,13H,3-5,8,10H2,1-2H3. The maximum atomic E-state index is 12.4. The maximum absolute atomic E-state index is 12.4. The molecule has 0 saturated carbocycles. The fourth-order valence-electron chi connectivity index (χ4n) is 2.82. The van der Waals surface area contributed by atoms with Gasteiger partial charge in [0.25, 0.3) is 0 Å². The minimum Gasteiger partial charge on any atom is -0.471 e. The first-order valence-electron chi connectivity index (χ1n) is 7.75. The number of rotatable bonds is 5. The summed E-state index contributed by atoms with van der Waals surface area (Å²) in [7, 11) is 0. The van der Waals surface area contributed by atoms with Crippen LogP contribution in [0.1, 0.15) is 29.9 Å². The van der Waals surface area contributed by atoms with Crippen LogP contribution in [0.15, 0.2) is 23.1 Å². The van der Waals surface area contributed by atoms with Gasteiger partial charge < -0.3 is 14.2 Å². The summed E-state index contributed by atoms with van der Waals surface area (Å²) < 4.78 is 10.9. The average molecular weight is 316 g/mol. The van der Waals surface area contributed by atoms with Crippen LogP contribution in [-0.2, 0) is 11.2 Å². The number of amides is 1. The topological polar surface area (TPSA) is 81.4 Å². The summed E-state index contributed by atoms with van der Waals surface area (Å²) in [6, 6.07) is 0. The van der Waals surface area contributed by atoms with E-state index < -0.39 is 0 Å². The lowest BCUT2D eigenvalue weighted by atomic mass is 10.1. The number of ether oxygens (including phenoxy) is 1. The molecule has 1 saturated heterocycles. The Morgan fingerprint density at radius 2 is 2.30 bits per heavy atom. The fraction of sp³-hybridized carbons (Fsp3) is 0.500. The fourth-order valence-corrected chi connectivity index (χ4v) is 2.82. The van der Waals surface area contributed by atoms with Crippen molar-refractivity contribution in [3.05, 3.63) is 35.6 Å². The van der Waals surface area contributed by atoms with Crippen LogP contribution in [-0.4, -0.2) is 45.1 Å². The zero-order chi connectivity index (χ0) is 16.2. The van der Waals surface area contributed by atoms with Crippen LogP contribution in [0.2, 0.25) is 0 Å². The molecule has 1 amide bonds. The van der Waals surface area contributed by atoms with E-state index in [9.17, 15) is 4.79 Å². The molecule has 23 heavy (non-hydrogen) atoms. The first-order valence-corrected chi connectivity index (χ1v) is 7.75. The summed E-state index contributed by atoms with van der Waals surface area (Å²) >= 11 is 0. The third kappa shape index (κ3) is 3.67. The third-order valence-corrected chi connectivity index (χ3v) is 4.09. The smallest absolute Gasteiger partial charge is 0.232 e. The molecular weight excluding hydrogens is 296 g/mol. The van der Waals surface area contributed by atoms with Crippen LogP contribution in [0.4, 0.5) is 0 Å². The minimum absolute atomic E-state index is 0.0188. The Balaban J connectivity index is 1.49. The molecule has 0 aromatic carbocycles. The van der Waals surface area contributed by atoms with Crippen molar-refractivity contribution in [2.75, 3.05) is 13.1 Å². The predicted molar refractivity (Wildman–Crippen MR) is 81.9 cm³/mol. The number of carbonyl (C=O) groups excluding carboxylic acids is 1. The Kier molecular flexibility index (Phi) is 4.55. The summed E-state index contributed by atoms with van der Waals surface area (Å²) in [6.45, 7) is 5.08. The second kappa shape index (κ2) is 6.76. The van der Waals surface area contributed by atoms with Crippen LogP contribution in [0.3, 0.4) is 0 Å². The van der Waals surface area contributed by atoms with E-state index in [1.165, 1.54) is 0 Å². The molecule has 122 valence electrons. The van der Waals surface area contributed by atoms with Crippen LogP contribution in [0, 0.1) is 13.8 Å². The van der Waals surface area contributed by atoms with E-state index in [4.69, 9.17) is 9.26 Å². The molecule has 0 radical (unpaired) electrons. The van der Waals surface area contributed by atoms with Gasteiger partial charge in [0.05, 0.1) is 18.4 Å². The number of aryl methyl sites for hydroxylation is 2. The Labute approximate surface area is 134 Å². The molecule has 7 nitrogen and oxygen atoms in total. The summed E-state index contributed by atoms with van der Waals surface area (Å²) in [6.07, 6.45) is 6.69. The van der Waals surface area contributed by atoms with E-state index in [0.29, 0.717) is 31.8 Å². The Hall–Kier alpha value is -2.44. The molecule has 1 unspecified atom stereocenters. The van der Waals surface area contributed by atoms with Crippen LogP contribution in [0.25, 0.3) is 0 Å². The molecule has 0 spiro atoms. The number of aromatic nitrogens is 3. The first-order chi connectivity index (χ1) is 11.1. The van der Waals surface area contributed by atoms with E-state index in [1.54, 1.807) is 18.6 Å². The van der Waals surface area contributed by atoms with Gasteiger partial charge in [-0.2, -0.15) is 0 Å². The summed E-state index contributed by atoms with van der Waals surface area (Å²) in [5.74, 6) is 1.43. The molecule has 3 heterocycles. The molecule has 1 fully saturated rings. The van der Waals surface area contributed by atoms with Crippen molar-refractivity contribution < 1.29 is 14.1 Å². The van der Waals surface area contributed by atoms with Crippen molar-refractivity contribution in [3.63, 3.8) is 0 Å². The number of nitrogens with zero attached hydrogens (tertiary/aromatic N) is 4. The van der Waals surface area contributed by atoms with Crippen LogP contribution >= 0.6 is 0 Å². The highest BCUT2D eigenvalue weighted by Crippen LogP contribution is 2.19. The van der Waals surface area contributed by atoms with Crippen molar-refractivity contribution in [3.8, 4) is 5.88 Å². The second-order valence-corrected chi connectivity index (χ2v) is 5.71. The monoisotopic (exact) mass is 316 g/mol. The molecule has 2 aromatic rings. The quantitative estimate of drug-likeness (QED) is 0.835.